The lowest BCUT2D eigenvalue weighted by Gasteiger charge is -2.31. The highest BCUT2D eigenvalue weighted by atomic mass is 32.2. The van der Waals surface area contributed by atoms with E-state index >= 15 is 0 Å². The first-order chi connectivity index (χ1) is 14.3. The summed E-state index contributed by atoms with van der Waals surface area (Å²) in [6.45, 7) is 0.00300. The van der Waals surface area contributed by atoms with E-state index in [-0.39, 0.29) is 25.4 Å². The maximum absolute atomic E-state index is 13.0. The zero-order chi connectivity index (χ0) is 21.3. The molecule has 0 aromatic heterocycles. The van der Waals surface area contributed by atoms with Gasteiger partial charge in [-0.3, -0.25) is 9.59 Å². The summed E-state index contributed by atoms with van der Waals surface area (Å²) in [7, 11) is 0. The average molecular weight is 443 g/mol. The number of halogens is 3. The third-order valence-corrected chi connectivity index (χ3v) is 6.70. The smallest absolute Gasteiger partial charge is 0.341 e. The fourth-order valence-electron chi connectivity index (χ4n) is 4.14. The molecule has 2 saturated heterocycles. The number of nitrogens with one attached hydrogen (secondary N) is 5. The van der Waals surface area contributed by atoms with Crippen molar-refractivity contribution >= 4 is 29.4 Å². The molecule has 1 aromatic carbocycles. The lowest BCUT2D eigenvalue weighted by atomic mass is 9.89. The summed E-state index contributed by atoms with van der Waals surface area (Å²) in [4.78, 5) is 28.1. The minimum absolute atomic E-state index is 0.180. The third kappa shape index (κ3) is 4.74. The van der Waals surface area contributed by atoms with Crippen molar-refractivity contribution in [3.05, 3.63) is 29.3 Å². The highest BCUT2D eigenvalue weighted by Crippen LogP contribution is 2.33. The standard InChI is InChI=1S/C19H24F3N5O2S/c20-19(21,22)13-6-12(8-23-9-13)16(28)25-18-15(26-27-30-18)17(29)24-14-5-4-10-2-1-3-11(10)7-14/h4-5,7,12-13,15,18,23,26-27H,1-3,6,8-9H2,(H,24,29)(H,25,28). The second-order valence-electron chi connectivity index (χ2n) is 7.93. The highest BCUT2D eigenvalue weighted by Gasteiger charge is 2.44. The van der Waals surface area contributed by atoms with Crippen LogP contribution >= 0.6 is 11.9 Å². The first-order valence-electron chi connectivity index (χ1n) is 9.98. The molecule has 0 saturated carbocycles. The summed E-state index contributed by atoms with van der Waals surface area (Å²) in [6.07, 6.45) is -1.45. The first-order valence-corrected chi connectivity index (χ1v) is 10.9. The van der Waals surface area contributed by atoms with Gasteiger partial charge in [0, 0.05) is 18.8 Å². The average Bonchev–Trinajstić information content (AvgIpc) is 3.36. The molecule has 4 rings (SSSR count). The summed E-state index contributed by atoms with van der Waals surface area (Å²) in [5.41, 5.74) is 6.03. The van der Waals surface area contributed by atoms with Gasteiger partial charge in [-0.2, -0.15) is 18.0 Å². The number of carbonyl (C=O) groups excluding carboxylic acids is 2. The number of anilines is 1. The topological polar surface area (TPSA) is 94.3 Å². The molecule has 4 atom stereocenters. The number of benzene rings is 1. The Labute approximate surface area is 176 Å². The zero-order valence-corrected chi connectivity index (χ0v) is 17.0. The number of alkyl halides is 3. The fourth-order valence-corrected chi connectivity index (χ4v) is 4.96. The van der Waals surface area contributed by atoms with Crippen LogP contribution in [0, 0.1) is 11.8 Å². The maximum atomic E-state index is 13.0. The molecule has 1 aromatic rings. The Bertz CT molecular complexity index is 822. The van der Waals surface area contributed by atoms with Crippen LogP contribution in [0.25, 0.3) is 0 Å². The molecule has 0 radical (unpaired) electrons. The van der Waals surface area contributed by atoms with E-state index in [4.69, 9.17) is 0 Å². The summed E-state index contributed by atoms with van der Waals surface area (Å²) < 4.78 is 39.0. The van der Waals surface area contributed by atoms with Gasteiger partial charge in [0.05, 0.1) is 11.8 Å². The van der Waals surface area contributed by atoms with Crippen molar-refractivity contribution in [2.24, 2.45) is 11.8 Å². The van der Waals surface area contributed by atoms with Crippen molar-refractivity contribution in [1.82, 2.24) is 20.9 Å². The molecule has 7 nitrogen and oxygen atoms in total. The summed E-state index contributed by atoms with van der Waals surface area (Å²) >= 11 is 1.11. The van der Waals surface area contributed by atoms with E-state index < -0.39 is 35.3 Å². The van der Waals surface area contributed by atoms with Crippen LogP contribution < -0.4 is 26.2 Å². The monoisotopic (exact) mass is 443 g/mol. The Morgan fingerprint density at radius 1 is 1.10 bits per heavy atom. The molecule has 164 valence electrons. The second kappa shape index (κ2) is 8.74. The largest absolute Gasteiger partial charge is 0.393 e. The molecule has 2 heterocycles. The first kappa shape index (κ1) is 21.4. The number of hydrazine groups is 1. The van der Waals surface area contributed by atoms with E-state index in [0.29, 0.717) is 5.69 Å². The minimum atomic E-state index is -4.34. The van der Waals surface area contributed by atoms with Gasteiger partial charge in [-0.15, -0.1) is 0 Å². The van der Waals surface area contributed by atoms with E-state index in [1.165, 1.54) is 11.1 Å². The number of carbonyl (C=O) groups is 2. The van der Waals surface area contributed by atoms with Crippen molar-refractivity contribution in [1.29, 1.82) is 0 Å². The molecule has 3 aliphatic rings. The fraction of sp³-hybridized carbons (Fsp3) is 0.579. The van der Waals surface area contributed by atoms with Crippen LogP contribution in [0.2, 0.25) is 0 Å². The lowest BCUT2D eigenvalue weighted by molar-refractivity contribution is -0.182. The van der Waals surface area contributed by atoms with E-state index in [9.17, 15) is 22.8 Å². The molecular formula is C19H24F3N5O2S. The van der Waals surface area contributed by atoms with Crippen molar-refractivity contribution in [2.75, 3.05) is 18.4 Å². The normalized spacial score (nSPS) is 28.8. The number of aryl methyl sites for hydroxylation is 2. The van der Waals surface area contributed by atoms with Crippen LogP contribution in [0.3, 0.4) is 0 Å². The molecule has 11 heteroatoms. The predicted octanol–water partition coefficient (Wildman–Crippen LogP) is 1.47. The SMILES string of the molecule is O=C(NC1SNNC1C(=O)Nc1ccc2c(c1)CCC2)C1CNCC(C(F)(F)F)C1. The van der Waals surface area contributed by atoms with Gasteiger partial charge in [0.1, 0.15) is 11.4 Å². The quantitative estimate of drug-likeness (QED) is 0.453. The molecule has 2 fully saturated rings. The predicted molar refractivity (Wildman–Crippen MR) is 107 cm³/mol. The van der Waals surface area contributed by atoms with E-state index in [2.05, 4.69) is 26.2 Å². The lowest BCUT2D eigenvalue weighted by Crippen LogP contribution is -2.53. The molecule has 30 heavy (non-hydrogen) atoms. The van der Waals surface area contributed by atoms with Crippen LogP contribution in [-0.4, -0.2) is 42.5 Å². The van der Waals surface area contributed by atoms with Gasteiger partial charge in [0.25, 0.3) is 0 Å². The van der Waals surface area contributed by atoms with Gasteiger partial charge in [0.2, 0.25) is 11.8 Å². The minimum Gasteiger partial charge on any atom is -0.341 e. The molecule has 1 aliphatic carbocycles. The second-order valence-corrected chi connectivity index (χ2v) is 8.87. The number of hydrogen-bond acceptors (Lipinski definition) is 6. The number of amides is 2. The molecule has 5 N–H and O–H groups in total. The molecule has 2 aliphatic heterocycles. The van der Waals surface area contributed by atoms with Gasteiger partial charge in [-0.1, -0.05) is 6.07 Å². The Hall–Kier alpha value is -1.82. The van der Waals surface area contributed by atoms with Crippen LogP contribution in [-0.2, 0) is 22.4 Å². The third-order valence-electron chi connectivity index (χ3n) is 5.82. The van der Waals surface area contributed by atoms with Crippen LogP contribution in [0.4, 0.5) is 18.9 Å². The summed E-state index contributed by atoms with van der Waals surface area (Å²) in [6, 6.07) is 5.08. The van der Waals surface area contributed by atoms with E-state index in [1.54, 1.807) is 0 Å². The number of fused-ring (bicyclic) bond motifs is 1. The van der Waals surface area contributed by atoms with Crippen molar-refractivity contribution in [3.63, 3.8) is 0 Å². The number of hydrogen-bond donors (Lipinski definition) is 5. The van der Waals surface area contributed by atoms with Gasteiger partial charge in [-0.05, 0) is 60.9 Å². The van der Waals surface area contributed by atoms with Crippen LogP contribution in [0.5, 0.6) is 0 Å². The number of rotatable bonds is 4. The molecule has 4 unspecified atom stereocenters. The van der Waals surface area contributed by atoms with E-state index in [1.807, 2.05) is 18.2 Å². The van der Waals surface area contributed by atoms with Crippen LogP contribution in [0.15, 0.2) is 18.2 Å². The van der Waals surface area contributed by atoms with Gasteiger partial charge in [0.15, 0.2) is 0 Å². The Balaban J connectivity index is 1.35. The summed E-state index contributed by atoms with van der Waals surface area (Å²) in [5, 5.41) is 7.61. The zero-order valence-electron chi connectivity index (χ0n) is 16.1. The van der Waals surface area contributed by atoms with E-state index in [0.717, 1.165) is 31.2 Å². The van der Waals surface area contributed by atoms with Crippen molar-refractivity contribution < 1.29 is 22.8 Å². The maximum Gasteiger partial charge on any atom is 0.393 e. The summed E-state index contributed by atoms with van der Waals surface area (Å²) in [5.74, 6) is -3.17. The Kier molecular flexibility index (Phi) is 6.24. The molecule has 2 amide bonds. The Morgan fingerprint density at radius 2 is 1.90 bits per heavy atom. The Morgan fingerprint density at radius 3 is 2.70 bits per heavy atom. The van der Waals surface area contributed by atoms with Gasteiger partial charge < -0.3 is 16.0 Å². The molecule has 0 spiro atoms. The van der Waals surface area contributed by atoms with Crippen molar-refractivity contribution in [2.45, 2.75) is 43.3 Å². The van der Waals surface area contributed by atoms with Crippen molar-refractivity contribution in [3.8, 4) is 0 Å². The van der Waals surface area contributed by atoms with Gasteiger partial charge >= 0.3 is 6.18 Å². The van der Waals surface area contributed by atoms with Gasteiger partial charge in [-0.25, -0.2) is 5.43 Å². The highest BCUT2D eigenvalue weighted by molar-refractivity contribution is 7.98. The molecule has 0 bridgehead atoms. The molecular weight excluding hydrogens is 419 g/mol. The number of piperidine rings is 1. The van der Waals surface area contributed by atoms with Crippen LogP contribution in [0.1, 0.15) is 24.0 Å².